The molecular weight excluding hydrogens is 307 g/mol. The first-order chi connectivity index (χ1) is 10.6. The lowest BCUT2D eigenvalue weighted by molar-refractivity contribution is -0.139. The van der Waals surface area contributed by atoms with Crippen LogP contribution in [0.15, 0.2) is 29.4 Å². The van der Waals surface area contributed by atoms with E-state index in [-0.39, 0.29) is 17.0 Å². The number of benzene rings is 1. The first-order valence-corrected chi connectivity index (χ1v) is 7.69. The lowest BCUT2D eigenvalue weighted by Gasteiger charge is -2.14. The summed E-state index contributed by atoms with van der Waals surface area (Å²) in [7, 11) is 1.36. The van der Waals surface area contributed by atoms with Crippen LogP contribution >= 0.6 is 11.8 Å². The van der Waals surface area contributed by atoms with Crippen molar-refractivity contribution < 1.29 is 13.9 Å². The van der Waals surface area contributed by atoms with Crippen LogP contribution in [0.25, 0.3) is 0 Å². The predicted octanol–water partition coefficient (Wildman–Crippen LogP) is 2.22. The Labute approximate surface area is 131 Å². The number of aromatic nitrogens is 3. The summed E-state index contributed by atoms with van der Waals surface area (Å²) in [6.07, 6.45) is 0. The lowest BCUT2D eigenvalue weighted by Crippen LogP contribution is -2.15. The minimum Gasteiger partial charge on any atom is -0.468 e. The second-order valence-electron chi connectivity index (χ2n) is 4.85. The van der Waals surface area contributed by atoms with E-state index in [0.29, 0.717) is 11.1 Å². The second-order valence-corrected chi connectivity index (χ2v) is 6.15. The molecule has 0 bridgehead atoms. The van der Waals surface area contributed by atoms with Gasteiger partial charge >= 0.3 is 5.97 Å². The molecule has 3 rings (SSSR count). The third-order valence-electron chi connectivity index (χ3n) is 3.44. The van der Waals surface area contributed by atoms with Gasteiger partial charge in [0.2, 0.25) is 5.95 Å². The molecule has 2 aromatic rings. The highest BCUT2D eigenvalue weighted by Gasteiger charge is 2.28. The number of thioether (sulfide) groups is 1. The summed E-state index contributed by atoms with van der Waals surface area (Å²) >= 11 is 1.32. The van der Waals surface area contributed by atoms with Gasteiger partial charge in [-0.15, -0.1) is 10.2 Å². The van der Waals surface area contributed by atoms with Gasteiger partial charge in [0.25, 0.3) is 0 Å². The Hall–Kier alpha value is -2.09. The Bertz CT molecular complexity index is 689. The van der Waals surface area contributed by atoms with E-state index < -0.39 is 0 Å². The average Bonchev–Trinajstić information content (AvgIpc) is 3.10. The topological polar surface area (TPSA) is 60.2 Å². The third-order valence-corrected chi connectivity index (χ3v) is 4.50. The first kappa shape index (κ1) is 14.8. The van der Waals surface area contributed by atoms with Crippen LogP contribution in [0.1, 0.15) is 6.92 Å². The molecule has 0 spiro atoms. The normalized spacial score (nSPS) is 14.8. The fraction of sp³-hybridized carbons (Fsp3) is 0.357. The molecule has 8 heteroatoms. The van der Waals surface area contributed by atoms with Gasteiger partial charge in [-0.3, -0.25) is 9.36 Å². The molecule has 1 unspecified atom stereocenters. The van der Waals surface area contributed by atoms with E-state index in [4.69, 9.17) is 4.74 Å². The minimum absolute atomic E-state index is 0.271. The highest BCUT2D eigenvalue weighted by atomic mass is 32.2. The summed E-state index contributed by atoms with van der Waals surface area (Å²) in [5.41, 5.74) is 0.866. The molecule has 22 heavy (non-hydrogen) atoms. The molecule has 0 fully saturated rings. The summed E-state index contributed by atoms with van der Waals surface area (Å²) < 4.78 is 19.7. The number of anilines is 2. The molecule has 0 N–H and O–H groups in total. The quantitative estimate of drug-likeness (QED) is 0.635. The van der Waals surface area contributed by atoms with Crippen molar-refractivity contribution in [2.75, 3.05) is 18.6 Å². The molecule has 116 valence electrons. The van der Waals surface area contributed by atoms with Crippen molar-refractivity contribution in [3.8, 4) is 0 Å². The van der Waals surface area contributed by atoms with Gasteiger partial charge in [-0.05, 0) is 31.2 Å². The van der Waals surface area contributed by atoms with Crippen LogP contribution in [0, 0.1) is 5.82 Å². The average molecular weight is 322 g/mol. The number of methoxy groups -OCH3 is 1. The first-order valence-electron chi connectivity index (χ1n) is 6.81. The van der Waals surface area contributed by atoms with Crippen molar-refractivity contribution in [1.29, 1.82) is 0 Å². The van der Waals surface area contributed by atoms with Crippen LogP contribution < -0.4 is 4.90 Å². The fourth-order valence-electron chi connectivity index (χ4n) is 2.30. The predicted molar refractivity (Wildman–Crippen MR) is 80.8 cm³/mol. The Kier molecular flexibility index (Phi) is 4.02. The zero-order valence-electron chi connectivity index (χ0n) is 12.2. The highest BCUT2D eigenvalue weighted by Crippen LogP contribution is 2.33. The van der Waals surface area contributed by atoms with Gasteiger partial charge in [0, 0.05) is 18.8 Å². The Morgan fingerprint density at radius 3 is 2.73 bits per heavy atom. The van der Waals surface area contributed by atoms with Crippen molar-refractivity contribution in [2.45, 2.75) is 23.9 Å². The van der Waals surface area contributed by atoms with E-state index in [1.165, 1.54) is 31.0 Å². The van der Waals surface area contributed by atoms with Crippen LogP contribution in [-0.2, 0) is 16.1 Å². The number of rotatable bonds is 4. The number of hydrogen-bond acceptors (Lipinski definition) is 6. The Morgan fingerprint density at radius 1 is 1.32 bits per heavy atom. The molecule has 0 amide bonds. The minimum atomic E-state index is -0.349. The van der Waals surface area contributed by atoms with Gasteiger partial charge in [0.1, 0.15) is 11.1 Å². The van der Waals surface area contributed by atoms with E-state index in [0.717, 1.165) is 18.8 Å². The third kappa shape index (κ3) is 2.66. The number of nitrogens with zero attached hydrogens (tertiary/aromatic N) is 4. The van der Waals surface area contributed by atoms with Crippen molar-refractivity contribution in [1.82, 2.24) is 14.8 Å². The Morgan fingerprint density at radius 2 is 2.05 bits per heavy atom. The van der Waals surface area contributed by atoms with Crippen LogP contribution in [-0.4, -0.2) is 39.6 Å². The molecule has 0 radical (unpaired) electrons. The van der Waals surface area contributed by atoms with E-state index >= 15 is 0 Å². The zero-order chi connectivity index (χ0) is 15.7. The van der Waals surface area contributed by atoms with Crippen LogP contribution in [0.2, 0.25) is 0 Å². The molecule has 1 aliphatic rings. The molecular formula is C14H15FN4O2S. The summed E-state index contributed by atoms with van der Waals surface area (Å²) in [4.78, 5) is 13.5. The SMILES string of the molecule is COC(=O)C(C)Sc1nnc2n1CCN2c1ccc(F)cc1. The maximum absolute atomic E-state index is 13.0. The second kappa shape index (κ2) is 5.96. The van der Waals surface area contributed by atoms with Gasteiger partial charge < -0.3 is 9.64 Å². The van der Waals surface area contributed by atoms with Crippen molar-refractivity contribution in [3.63, 3.8) is 0 Å². The number of carbonyl (C=O) groups is 1. The van der Waals surface area contributed by atoms with Gasteiger partial charge in [0.15, 0.2) is 5.16 Å². The van der Waals surface area contributed by atoms with Gasteiger partial charge in [0.05, 0.1) is 7.11 Å². The van der Waals surface area contributed by atoms with Gasteiger partial charge in [-0.1, -0.05) is 11.8 Å². The van der Waals surface area contributed by atoms with E-state index in [2.05, 4.69) is 10.2 Å². The van der Waals surface area contributed by atoms with E-state index in [1.54, 1.807) is 19.1 Å². The van der Waals surface area contributed by atoms with Gasteiger partial charge in [-0.25, -0.2) is 4.39 Å². The maximum Gasteiger partial charge on any atom is 0.318 e. The zero-order valence-corrected chi connectivity index (χ0v) is 13.0. The highest BCUT2D eigenvalue weighted by molar-refractivity contribution is 8.00. The van der Waals surface area contributed by atoms with Gasteiger partial charge in [-0.2, -0.15) is 0 Å². The molecule has 6 nitrogen and oxygen atoms in total. The number of carbonyl (C=O) groups excluding carboxylic acids is 1. The van der Waals surface area contributed by atoms with Crippen molar-refractivity contribution in [3.05, 3.63) is 30.1 Å². The van der Waals surface area contributed by atoms with E-state index in [1.807, 2.05) is 9.47 Å². The molecule has 1 aliphatic heterocycles. The van der Waals surface area contributed by atoms with E-state index in [9.17, 15) is 9.18 Å². The molecule has 0 saturated carbocycles. The molecule has 0 aliphatic carbocycles. The maximum atomic E-state index is 13.0. The molecule has 2 heterocycles. The molecule has 0 saturated heterocycles. The molecule has 1 aromatic heterocycles. The van der Waals surface area contributed by atoms with Crippen LogP contribution in [0.5, 0.6) is 0 Å². The summed E-state index contributed by atoms with van der Waals surface area (Å²) in [5.74, 6) is 0.134. The molecule has 1 aromatic carbocycles. The number of esters is 1. The summed E-state index contributed by atoms with van der Waals surface area (Å²) in [6.45, 7) is 3.22. The number of hydrogen-bond donors (Lipinski definition) is 0. The van der Waals surface area contributed by atoms with Crippen molar-refractivity contribution >= 4 is 29.4 Å². The van der Waals surface area contributed by atoms with Crippen molar-refractivity contribution in [2.24, 2.45) is 0 Å². The largest absolute Gasteiger partial charge is 0.468 e. The lowest BCUT2D eigenvalue weighted by atomic mass is 10.3. The van der Waals surface area contributed by atoms with Crippen LogP contribution in [0.4, 0.5) is 16.0 Å². The summed E-state index contributed by atoms with van der Waals surface area (Å²) in [6, 6.07) is 6.26. The number of ether oxygens (including phenoxy) is 1. The number of halogens is 1. The smallest absolute Gasteiger partial charge is 0.318 e. The Balaban J connectivity index is 1.82. The monoisotopic (exact) mass is 322 g/mol. The summed E-state index contributed by atoms with van der Waals surface area (Å²) in [5, 5.41) is 8.66. The van der Waals surface area contributed by atoms with Crippen LogP contribution in [0.3, 0.4) is 0 Å². The molecule has 1 atom stereocenters. The standard InChI is InChI=1S/C14H15FN4O2S/c1-9(12(20)21-2)22-14-17-16-13-18(7-8-19(13)14)11-5-3-10(15)4-6-11/h3-6,9H,7-8H2,1-2H3. The fourth-order valence-corrected chi connectivity index (χ4v) is 3.20. The number of fused-ring (bicyclic) bond motifs is 1.